The van der Waals surface area contributed by atoms with E-state index in [1.165, 1.54) is 31.7 Å². The number of carbonyl (C=O) groups excluding carboxylic acids is 1. The Labute approximate surface area is 161 Å². The number of amides is 1. The van der Waals surface area contributed by atoms with Crippen LogP contribution in [0.3, 0.4) is 0 Å². The molecule has 2 aromatic carbocycles. The maximum absolute atomic E-state index is 11.2. The zero-order chi connectivity index (χ0) is 19.1. The fourth-order valence-corrected chi connectivity index (χ4v) is 3.58. The lowest BCUT2D eigenvalue weighted by atomic mass is 9.64. The number of carbonyl (C=O) groups is 1. The van der Waals surface area contributed by atoms with E-state index in [0.717, 1.165) is 23.8 Å². The molecule has 2 aromatic rings. The van der Waals surface area contributed by atoms with Gasteiger partial charge in [0.15, 0.2) is 5.96 Å². The highest BCUT2D eigenvalue weighted by molar-refractivity contribution is 5.88. The van der Waals surface area contributed by atoms with Crippen molar-refractivity contribution in [1.29, 1.82) is 0 Å². The summed E-state index contributed by atoms with van der Waals surface area (Å²) in [6.07, 6.45) is 3.69. The summed E-state index contributed by atoms with van der Waals surface area (Å²) in [4.78, 5) is 15.6. The first kappa shape index (κ1) is 19.0. The molecule has 1 amide bonds. The van der Waals surface area contributed by atoms with Gasteiger partial charge in [-0.3, -0.25) is 9.79 Å². The highest BCUT2D eigenvalue weighted by Crippen LogP contribution is 2.43. The van der Waals surface area contributed by atoms with Gasteiger partial charge in [-0.05, 0) is 36.1 Å². The summed E-state index contributed by atoms with van der Waals surface area (Å²) >= 11 is 0. The van der Waals surface area contributed by atoms with Crippen molar-refractivity contribution in [3.8, 4) is 0 Å². The van der Waals surface area contributed by atoms with Crippen LogP contribution in [0.15, 0.2) is 59.6 Å². The van der Waals surface area contributed by atoms with E-state index in [0.29, 0.717) is 6.54 Å². The number of benzene rings is 2. The lowest BCUT2D eigenvalue weighted by Crippen LogP contribution is -2.48. The Hall–Kier alpha value is -2.82. The smallest absolute Gasteiger partial charge is 0.221 e. The van der Waals surface area contributed by atoms with Crippen LogP contribution in [0.4, 0.5) is 5.69 Å². The normalized spacial score (nSPS) is 15.6. The van der Waals surface area contributed by atoms with Crippen LogP contribution in [-0.2, 0) is 16.8 Å². The van der Waals surface area contributed by atoms with E-state index >= 15 is 0 Å². The Kier molecular flexibility index (Phi) is 6.12. The lowest BCUT2D eigenvalue weighted by Gasteiger charge is -2.43. The molecule has 0 heterocycles. The molecule has 0 saturated heterocycles. The summed E-state index contributed by atoms with van der Waals surface area (Å²) < 4.78 is 0. The molecule has 0 radical (unpaired) electrons. The van der Waals surface area contributed by atoms with Crippen LogP contribution in [0.5, 0.6) is 0 Å². The highest BCUT2D eigenvalue weighted by atomic mass is 16.1. The maximum atomic E-state index is 11.2. The number of guanidine groups is 1. The molecule has 1 fully saturated rings. The van der Waals surface area contributed by atoms with E-state index in [-0.39, 0.29) is 11.3 Å². The zero-order valence-electron chi connectivity index (χ0n) is 16.1. The van der Waals surface area contributed by atoms with Crippen molar-refractivity contribution >= 4 is 17.6 Å². The first-order valence-electron chi connectivity index (χ1n) is 9.48. The number of hydrogen-bond donors (Lipinski definition) is 3. The minimum absolute atomic E-state index is 0.0655. The van der Waals surface area contributed by atoms with Gasteiger partial charge in [0.05, 0.1) is 0 Å². The van der Waals surface area contributed by atoms with Crippen LogP contribution < -0.4 is 16.0 Å². The number of aliphatic imine (C=N–C) groups is 1. The Morgan fingerprint density at radius 3 is 2.48 bits per heavy atom. The Bertz CT molecular complexity index is 797. The predicted molar refractivity (Wildman–Crippen MR) is 111 cm³/mol. The molecule has 0 aliphatic heterocycles. The minimum atomic E-state index is -0.0655. The van der Waals surface area contributed by atoms with Crippen LogP contribution in [0, 0.1) is 0 Å². The maximum Gasteiger partial charge on any atom is 0.221 e. The molecular formula is C22H28N4O. The molecule has 5 nitrogen and oxygen atoms in total. The molecule has 0 bridgehead atoms. The highest BCUT2D eigenvalue weighted by Gasteiger charge is 2.38. The van der Waals surface area contributed by atoms with E-state index in [1.807, 2.05) is 24.3 Å². The third kappa shape index (κ3) is 4.88. The average Bonchev–Trinajstić information content (AvgIpc) is 2.64. The van der Waals surface area contributed by atoms with Gasteiger partial charge >= 0.3 is 0 Å². The standard InChI is InChI=1S/C22H28N4O/c1-17(27)26-20-11-6-8-18(14-20)15-24-21(23-2)25-16-22(12-7-13-22)19-9-4-3-5-10-19/h3-6,8-11,14H,7,12-13,15-16H2,1-2H3,(H,26,27)(H2,23,24,25). The molecule has 1 saturated carbocycles. The van der Waals surface area contributed by atoms with E-state index in [9.17, 15) is 4.79 Å². The Morgan fingerprint density at radius 2 is 1.85 bits per heavy atom. The fourth-order valence-electron chi connectivity index (χ4n) is 3.58. The predicted octanol–water partition coefficient (Wildman–Crippen LogP) is 3.43. The Morgan fingerprint density at radius 1 is 1.07 bits per heavy atom. The fraction of sp³-hybridized carbons (Fsp3) is 0.364. The third-order valence-corrected chi connectivity index (χ3v) is 5.22. The average molecular weight is 364 g/mol. The molecule has 1 aliphatic carbocycles. The third-order valence-electron chi connectivity index (χ3n) is 5.22. The van der Waals surface area contributed by atoms with Crippen molar-refractivity contribution in [2.24, 2.45) is 4.99 Å². The van der Waals surface area contributed by atoms with Gasteiger partial charge in [0, 0.05) is 38.2 Å². The van der Waals surface area contributed by atoms with Gasteiger partial charge in [0.25, 0.3) is 0 Å². The van der Waals surface area contributed by atoms with Crippen LogP contribution in [0.25, 0.3) is 0 Å². The van der Waals surface area contributed by atoms with Crippen LogP contribution >= 0.6 is 0 Å². The molecule has 0 spiro atoms. The van der Waals surface area contributed by atoms with Crippen molar-refractivity contribution in [2.45, 2.75) is 38.1 Å². The largest absolute Gasteiger partial charge is 0.356 e. The lowest BCUT2D eigenvalue weighted by molar-refractivity contribution is -0.114. The SMILES string of the molecule is CN=C(NCc1cccc(NC(C)=O)c1)NCC1(c2ccccc2)CCC1. The molecular weight excluding hydrogens is 336 g/mol. The molecule has 1 aliphatic rings. The molecule has 0 atom stereocenters. The molecule has 0 unspecified atom stereocenters. The second-order valence-electron chi connectivity index (χ2n) is 7.16. The molecule has 27 heavy (non-hydrogen) atoms. The number of nitrogens with one attached hydrogen (secondary N) is 3. The number of nitrogens with zero attached hydrogens (tertiary/aromatic N) is 1. The first-order valence-corrected chi connectivity index (χ1v) is 9.48. The van der Waals surface area contributed by atoms with Gasteiger partial charge in [-0.2, -0.15) is 0 Å². The monoisotopic (exact) mass is 364 g/mol. The second-order valence-corrected chi connectivity index (χ2v) is 7.16. The van der Waals surface area contributed by atoms with Crippen molar-refractivity contribution in [2.75, 3.05) is 18.9 Å². The summed E-state index contributed by atoms with van der Waals surface area (Å²) in [5.41, 5.74) is 3.51. The van der Waals surface area contributed by atoms with E-state index in [1.54, 1.807) is 7.05 Å². The van der Waals surface area contributed by atoms with Gasteiger partial charge in [-0.1, -0.05) is 48.9 Å². The van der Waals surface area contributed by atoms with Crippen molar-refractivity contribution in [3.63, 3.8) is 0 Å². The molecule has 3 N–H and O–H groups in total. The van der Waals surface area contributed by atoms with Gasteiger partial charge in [-0.15, -0.1) is 0 Å². The summed E-state index contributed by atoms with van der Waals surface area (Å²) in [5.74, 6) is 0.728. The van der Waals surface area contributed by atoms with Crippen molar-refractivity contribution < 1.29 is 4.79 Å². The second kappa shape index (κ2) is 8.71. The van der Waals surface area contributed by atoms with Crippen molar-refractivity contribution in [1.82, 2.24) is 10.6 Å². The molecule has 0 aromatic heterocycles. The van der Waals surface area contributed by atoms with Gasteiger partial charge in [0.1, 0.15) is 0 Å². The zero-order valence-corrected chi connectivity index (χ0v) is 16.1. The van der Waals surface area contributed by atoms with Crippen LogP contribution in [-0.4, -0.2) is 25.5 Å². The topological polar surface area (TPSA) is 65.5 Å². The van der Waals surface area contributed by atoms with E-state index in [4.69, 9.17) is 0 Å². The molecule has 142 valence electrons. The van der Waals surface area contributed by atoms with Crippen LogP contribution in [0.2, 0.25) is 0 Å². The van der Waals surface area contributed by atoms with Gasteiger partial charge in [0.2, 0.25) is 5.91 Å². The summed E-state index contributed by atoms with van der Waals surface area (Å²) in [6.45, 7) is 3.04. The first-order chi connectivity index (χ1) is 13.1. The minimum Gasteiger partial charge on any atom is -0.356 e. The molecule has 5 heteroatoms. The summed E-state index contributed by atoms with van der Waals surface area (Å²) in [6, 6.07) is 18.6. The summed E-state index contributed by atoms with van der Waals surface area (Å²) in [7, 11) is 1.79. The number of hydrogen-bond acceptors (Lipinski definition) is 2. The van der Waals surface area contributed by atoms with E-state index in [2.05, 4.69) is 51.3 Å². The van der Waals surface area contributed by atoms with Crippen molar-refractivity contribution in [3.05, 3.63) is 65.7 Å². The number of rotatable bonds is 6. The molecule has 3 rings (SSSR count). The quantitative estimate of drug-likeness (QED) is 0.543. The van der Waals surface area contributed by atoms with Gasteiger partial charge in [-0.25, -0.2) is 0 Å². The number of anilines is 1. The van der Waals surface area contributed by atoms with Crippen LogP contribution in [0.1, 0.15) is 37.3 Å². The van der Waals surface area contributed by atoms with Gasteiger partial charge < -0.3 is 16.0 Å². The summed E-state index contributed by atoms with van der Waals surface area (Å²) in [5, 5.41) is 9.67. The Balaban J connectivity index is 1.56. The van der Waals surface area contributed by atoms with E-state index < -0.39 is 0 Å².